The van der Waals surface area contributed by atoms with Crippen LogP contribution in [0.15, 0.2) is 29.3 Å². The number of methoxy groups -OCH3 is 1. The Morgan fingerprint density at radius 2 is 2.09 bits per heavy atom. The molecule has 1 aromatic rings. The van der Waals surface area contributed by atoms with Crippen LogP contribution >= 0.6 is 24.0 Å². The molecule has 0 amide bonds. The van der Waals surface area contributed by atoms with Crippen LogP contribution in [0.5, 0.6) is 5.75 Å². The highest BCUT2D eigenvalue weighted by Crippen LogP contribution is 2.14. The van der Waals surface area contributed by atoms with Crippen molar-refractivity contribution in [2.75, 3.05) is 33.4 Å². The lowest BCUT2D eigenvalue weighted by molar-refractivity contribution is 0.195. The number of guanidine groups is 1. The lowest BCUT2D eigenvalue weighted by Crippen LogP contribution is -2.38. The van der Waals surface area contributed by atoms with E-state index in [0.29, 0.717) is 6.54 Å². The van der Waals surface area contributed by atoms with Crippen molar-refractivity contribution >= 4 is 29.9 Å². The summed E-state index contributed by atoms with van der Waals surface area (Å²) in [7, 11) is 1.71. The molecule has 23 heavy (non-hydrogen) atoms. The average molecular weight is 435 g/mol. The summed E-state index contributed by atoms with van der Waals surface area (Å²) in [5, 5.41) is 6.52. The van der Waals surface area contributed by atoms with Crippen molar-refractivity contribution in [3.63, 3.8) is 0 Å². The van der Waals surface area contributed by atoms with Crippen molar-refractivity contribution in [3.05, 3.63) is 29.8 Å². The standard InChI is InChI=1S/C17H29N3O2.HI/c1-5-18-17(19-10-7-11-21-4)20-13-15(3)22-16-9-6-8-14(2)12-16;/h6,8-9,12,15H,5,7,10-11,13H2,1-4H3,(H2,18,19,20);1H. The first kappa shape index (κ1) is 22.0. The van der Waals surface area contributed by atoms with Gasteiger partial charge in [-0.25, -0.2) is 4.99 Å². The first-order chi connectivity index (χ1) is 10.7. The van der Waals surface area contributed by atoms with E-state index in [9.17, 15) is 0 Å². The molecule has 0 aliphatic heterocycles. The third-order valence-electron chi connectivity index (χ3n) is 3.00. The molecule has 2 N–H and O–H groups in total. The van der Waals surface area contributed by atoms with E-state index in [2.05, 4.69) is 35.5 Å². The maximum absolute atomic E-state index is 5.88. The Kier molecular flexibility index (Phi) is 12.8. The fraction of sp³-hybridized carbons (Fsp3) is 0.588. The summed E-state index contributed by atoms with van der Waals surface area (Å²) < 4.78 is 10.9. The summed E-state index contributed by atoms with van der Waals surface area (Å²) in [6, 6.07) is 8.07. The Hall–Kier alpha value is -1.02. The molecule has 0 aliphatic carbocycles. The van der Waals surface area contributed by atoms with Gasteiger partial charge in [-0.2, -0.15) is 0 Å². The van der Waals surface area contributed by atoms with Gasteiger partial charge in [0.25, 0.3) is 0 Å². The molecule has 0 heterocycles. The van der Waals surface area contributed by atoms with Crippen LogP contribution in [0.1, 0.15) is 25.8 Å². The molecule has 0 radical (unpaired) electrons. The van der Waals surface area contributed by atoms with E-state index >= 15 is 0 Å². The molecule has 1 aromatic carbocycles. The maximum Gasteiger partial charge on any atom is 0.191 e. The number of nitrogens with one attached hydrogen (secondary N) is 2. The minimum Gasteiger partial charge on any atom is -0.489 e. The third-order valence-corrected chi connectivity index (χ3v) is 3.00. The van der Waals surface area contributed by atoms with Crippen molar-refractivity contribution in [2.45, 2.75) is 33.3 Å². The van der Waals surface area contributed by atoms with E-state index in [1.54, 1.807) is 7.11 Å². The van der Waals surface area contributed by atoms with Gasteiger partial charge >= 0.3 is 0 Å². The van der Waals surface area contributed by atoms with Crippen molar-refractivity contribution in [1.29, 1.82) is 0 Å². The largest absolute Gasteiger partial charge is 0.489 e. The van der Waals surface area contributed by atoms with E-state index in [4.69, 9.17) is 9.47 Å². The Labute approximate surface area is 157 Å². The molecule has 6 heteroatoms. The highest BCUT2D eigenvalue weighted by atomic mass is 127. The zero-order valence-electron chi connectivity index (χ0n) is 14.6. The highest BCUT2D eigenvalue weighted by Gasteiger charge is 2.04. The average Bonchev–Trinajstić information content (AvgIpc) is 2.49. The predicted octanol–water partition coefficient (Wildman–Crippen LogP) is 2.97. The van der Waals surface area contributed by atoms with Gasteiger partial charge < -0.3 is 20.1 Å². The molecule has 5 nitrogen and oxygen atoms in total. The topological polar surface area (TPSA) is 54.9 Å². The van der Waals surface area contributed by atoms with Crippen molar-refractivity contribution in [3.8, 4) is 5.75 Å². The Morgan fingerprint density at radius 3 is 2.74 bits per heavy atom. The molecule has 0 aliphatic rings. The Bertz CT molecular complexity index is 455. The van der Waals surface area contributed by atoms with E-state index in [1.165, 1.54) is 5.56 Å². The number of nitrogens with zero attached hydrogens (tertiary/aromatic N) is 1. The van der Waals surface area contributed by atoms with E-state index in [-0.39, 0.29) is 30.1 Å². The summed E-state index contributed by atoms with van der Waals surface area (Å²) in [5.41, 5.74) is 1.20. The molecule has 0 spiro atoms. The van der Waals surface area contributed by atoms with Crippen LogP contribution < -0.4 is 15.4 Å². The minimum absolute atomic E-state index is 0. The number of halogens is 1. The quantitative estimate of drug-likeness (QED) is 0.271. The van der Waals surface area contributed by atoms with E-state index in [1.807, 2.05) is 25.1 Å². The van der Waals surface area contributed by atoms with Crippen LogP contribution in [-0.4, -0.2) is 45.4 Å². The van der Waals surface area contributed by atoms with Crippen LogP contribution in [0.25, 0.3) is 0 Å². The van der Waals surface area contributed by atoms with Gasteiger partial charge in [-0.15, -0.1) is 24.0 Å². The molecule has 1 rings (SSSR count). The molecule has 0 bridgehead atoms. The van der Waals surface area contributed by atoms with Crippen LogP contribution in [-0.2, 0) is 4.74 Å². The van der Waals surface area contributed by atoms with Crippen LogP contribution in [0.3, 0.4) is 0 Å². The van der Waals surface area contributed by atoms with E-state index < -0.39 is 0 Å². The monoisotopic (exact) mass is 435 g/mol. The molecule has 132 valence electrons. The number of rotatable bonds is 9. The summed E-state index contributed by atoms with van der Waals surface area (Å²) in [6.45, 7) is 9.17. The SMILES string of the molecule is CCNC(=NCC(C)Oc1cccc(C)c1)NCCCOC.I. The zero-order valence-corrected chi connectivity index (χ0v) is 16.9. The summed E-state index contributed by atoms with van der Waals surface area (Å²) >= 11 is 0. The number of hydrogen-bond acceptors (Lipinski definition) is 3. The Morgan fingerprint density at radius 1 is 1.30 bits per heavy atom. The van der Waals surface area contributed by atoms with Gasteiger partial charge in [0.2, 0.25) is 0 Å². The molecule has 0 fully saturated rings. The number of benzene rings is 1. The molecular weight excluding hydrogens is 405 g/mol. The summed E-state index contributed by atoms with van der Waals surface area (Å²) in [4.78, 5) is 4.56. The maximum atomic E-state index is 5.88. The summed E-state index contributed by atoms with van der Waals surface area (Å²) in [6.07, 6.45) is 0.979. The Balaban J connectivity index is 0.00000484. The first-order valence-electron chi connectivity index (χ1n) is 7.90. The number of aryl methyl sites for hydroxylation is 1. The van der Waals surface area contributed by atoms with Crippen LogP contribution in [0.4, 0.5) is 0 Å². The molecule has 0 saturated carbocycles. The smallest absolute Gasteiger partial charge is 0.191 e. The molecule has 1 atom stereocenters. The second-order valence-corrected chi connectivity index (χ2v) is 5.24. The van der Waals surface area contributed by atoms with Gasteiger partial charge in [0.15, 0.2) is 5.96 Å². The lowest BCUT2D eigenvalue weighted by atomic mass is 10.2. The second-order valence-electron chi connectivity index (χ2n) is 5.24. The number of hydrogen-bond donors (Lipinski definition) is 2. The molecule has 0 aromatic heterocycles. The summed E-state index contributed by atoms with van der Waals surface area (Å²) in [5.74, 6) is 1.71. The zero-order chi connectivity index (χ0) is 16.2. The molecule has 1 unspecified atom stereocenters. The van der Waals surface area contributed by atoms with Gasteiger partial charge in [0.1, 0.15) is 11.9 Å². The second kappa shape index (κ2) is 13.4. The highest BCUT2D eigenvalue weighted by molar-refractivity contribution is 14.0. The van der Waals surface area contributed by atoms with Crippen LogP contribution in [0, 0.1) is 6.92 Å². The first-order valence-corrected chi connectivity index (χ1v) is 7.90. The normalized spacial score (nSPS) is 12.3. The predicted molar refractivity (Wildman–Crippen MR) is 107 cm³/mol. The van der Waals surface area contributed by atoms with Gasteiger partial charge in [0, 0.05) is 26.8 Å². The van der Waals surface area contributed by atoms with E-state index in [0.717, 1.165) is 37.8 Å². The minimum atomic E-state index is 0. The van der Waals surface area contributed by atoms with Crippen molar-refractivity contribution < 1.29 is 9.47 Å². The molecule has 0 saturated heterocycles. The molecular formula is C17H30IN3O2. The van der Waals surface area contributed by atoms with Gasteiger partial charge in [-0.05, 0) is 44.9 Å². The van der Waals surface area contributed by atoms with Crippen molar-refractivity contribution in [1.82, 2.24) is 10.6 Å². The third kappa shape index (κ3) is 10.4. The number of aliphatic imine (C=N–C) groups is 1. The lowest BCUT2D eigenvalue weighted by Gasteiger charge is -2.15. The fourth-order valence-corrected chi connectivity index (χ4v) is 1.94. The van der Waals surface area contributed by atoms with Crippen molar-refractivity contribution in [2.24, 2.45) is 4.99 Å². The fourth-order valence-electron chi connectivity index (χ4n) is 1.94. The number of ether oxygens (including phenoxy) is 2. The van der Waals surface area contributed by atoms with Crippen LogP contribution in [0.2, 0.25) is 0 Å². The van der Waals surface area contributed by atoms with Gasteiger partial charge in [-0.1, -0.05) is 12.1 Å². The van der Waals surface area contributed by atoms with Gasteiger partial charge in [0.05, 0.1) is 6.54 Å². The van der Waals surface area contributed by atoms with Gasteiger partial charge in [-0.3, -0.25) is 0 Å².